The van der Waals surface area contributed by atoms with Crippen molar-refractivity contribution in [3.8, 4) is 11.6 Å². The zero-order valence-corrected chi connectivity index (χ0v) is 10.5. The molecular formula is C14H17N3O. The summed E-state index contributed by atoms with van der Waals surface area (Å²) >= 11 is 0. The monoisotopic (exact) mass is 243 g/mol. The smallest absolute Gasteiger partial charge is 0.226 e. The molecule has 94 valence electrons. The van der Waals surface area contributed by atoms with Gasteiger partial charge in [-0.15, -0.1) is 0 Å². The van der Waals surface area contributed by atoms with Crippen LogP contribution in [0.15, 0.2) is 42.9 Å². The van der Waals surface area contributed by atoms with Gasteiger partial charge in [0.05, 0.1) is 0 Å². The number of hydrogen-bond acceptors (Lipinski definition) is 4. The predicted molar refractivity (Wildman–Crippen MR) is 70.5 cm³/mol. The van der Waals surface area contributed by atoms with E-state index < -0.39 is 0 Å². The Balaban J connectivity index is 2.07. The van der Waals surface area contributed by atoms with Crippen LogP contribution in [0.25, 0.3) is 0 Å². The van der Waals surface area contributed by atoms with E-state index in [9.17, 15) is 0 Å². The molecule has 4 heteroatoms. The molecule has 0 radical (unpaired) electrons. The Hall–Kier alpha value is -1.94. The molecular weight excluding hydrogens is 226 g/mol. The zero-order valence-electron chi connectivity index (χ0n) is 10.5. The number of hydrogen-bond donors (Lipinski definition) is 1. The van der Waals surface area contributed by atoms with Crippen LogP contribution >= 0.6 is 0 Å². The first kappa shape index (κ1) is 12.5. The standard InChI is InChI=1S/C14H17N3O/c1-2-8-15-9-12-10-16-11-17-14(12)18-13-6-4-3-5-7-13/h3-7,10-11,15H,2,8-9H2,1H3. The quantitative estimate of drug-likeness (QED) is 0.792. The molecule has 0 saturated heterocycles. The Morgan fingerprint density at radius 2 is 2.06 bits per heavy atom. The van der Waals surface area contributed by atoms with E-state index in [1.54, 1.807) is 6.20 Å². The third kappa shape index (κ3) is 3.53. The maximum atomic E-state index is 5.75. The SMILES string of the molecule is CCCNCc1cncnc1Oc1ccccc1. The summed E-state index contributed by atoms with van der Waals surface area (Å²) < 4.78 is 5.75. The van der Waals surface area contributed by atoms with E-state index in [1.165, 1.54) is 6.33 Å². The third-order valence-electron chi connectivity index (χ3n) is 2.45. The molecule has 4 nitrogen and oxygen atoms in total. The Morgan fingerprint density at radius 1 is 1.22 bits per heavy atom. The third-order valence-corrected chi connectivity index (χ3v) is 2.45. The minimum absolute atomic E-state index is 0.611. The predicted octanol–water partition coefficient (Wildman–Crippen LogP) is 2.77. The Labute approximate surface area is 107 Å². The van der Waals surface area contributed by atoms with Gasteiger partial charge in [0.15, 0.2) is 0 Å². The van der Waals surface area contributed by atoms with Gasteiger partial charge in [-0.25, -0.2) is 9.97 Å². The van der Waals surface area contributed by atoms with Crippen LogP contribution < -0.4 is 10.1 Å². The van der Waals surface area contributed by atoms with Gasteiger partial charge < -0.3 is 10.1 Å². The molecule has 0 aliphatic carbocycles. The van der Waals surface area contributed by atoms with E-state index >= 15 is 0 Å². The lowest BCUT2D eigenvalue weighted by Gasteiger charge is -2.09. The highest BCUT2D eigenvalue weighted by molar-refractivity contribution is 5.30. The molecule has 1 aromatic heterocycles. The topological polar surface area (TPSA) is 47.0 Å². The largest absolute Gasteiger partial charge is 0.439 e. The van der Waals surface area contributed by atoms with Crippen LogP contribution in [0.3, 0.4) is 0 Å². The van der Waals surface area contributed by atoms with Crippen LogP contribution in [0.2, 0.25) is 0 Å². The number of nitrogens with zero attached hydrogens (tertiary/aromatic N) is 2. The van der Waals surface area contributed by atoms with Crippen molar-refractivity contribution in [2.75, 3.05) is 6.54 Å². The van der Waals surface area contributed by atoms with Crippen molar-refractivity contribution >= 4 is 0 Å². The molecule has 0 saturated carbocycles. The first-order valence-electron chi connectivity index (χ1n) is 6.12. The molecule has 0 spiro atoms. The number of para-hydroxylation sites is 1. The van der Waals surface area contributed by atoms with E-state index in [4.69, 9.17) is 4.74 Å². The van der Waals surface area contributed by atoms with Crippen molar-refractivity contribution in [3.05, 3.63) is 48.4 Å². The van der Waals surface area contributed by atoms with Crippen molar-refractivity contribution in [1.29, 1.82) is 0 Å². The summed E-state index contributed by atoms with van der Waals surface area (Å²) in [6.45, 7) is 3.83. The number of nitrogens with one attached hydrogen (secondary N) is 1. The molecule has 0 amide bonds. The Bertz CT molecular complexity index is 473. The zero-order chi connectivity index (χ0) is 12.6. The molecule has 0 atom stereocenters. The molecule has 2 rings (SSSR count). The molecule has 1 heterocycles. The van der Waals surface area contributed by atoms with Gasteiger partial charge in [-0.2, -0.15) is 0 Å². The van der Waals surface area contributed by atoms with Crippen LogP contribution in [-0.4, -0.2) is 16.5 Å². The molecule has 1 N–H and O–H groups in total. The molecule has 0 fully saturated rings. The summed E-state index contributed by atoms with van der Waals surface area (Å²) in [6.07, 6.45) is 4.39. The van der Waals surface area contributed by atoms with Crippen LogP contribution in [0, 0.1) is 0 Å². The minimum atomic E-state index is 0.611. The second-order valence-electron chi connectivity index (χ2n) is 3.95. The highest BCUT2D eigenvalue weighted by atomic mass is 16.5. The fourth-order valence-electron chi connectivity index (χ4n) is 1.56. The van der Waals surface area contributed by atoms with Gasteiger partial charge in [0.25, 0.3) is 0 Å². The number of benzene rings is 1. The lowest BCUT2D eigenvalue weighted by molar-refractivity contribution is 0.451. The summed E-state index contributed by atoms with van der Waals surface area (Å²) in [5.41, 5.74) is 0.967. The maximum absolute atomic E-state index is 5.75. The van der Waals surface area contributed by atoms with E-state index in [2.05, 4.69) is 22.2 Å². The second kappa shape index (κ2) is 6.71. The van der Waals surface area contributed by atoms with E-state index in [1.807, 2.05) is 30.3 Å². The lowest BCUT2D eigenvalue weighted by Crippen LogP contribution is -2.14. The average Bonchev–Trinajstić information content (AvgIpc) is 2.42. The van der Waals surface area contributed by atoms with Gasteiger partial charge >= 0.3 is 0 Å². The van der Waals surface area contributed by atoms with Crippen LogP contribution in [0.5, 0.6) is 11.6 Å². The van der Waals surface area contributed by atoms with Gasteiger partial charge in [0.2, 0.25) is 5.88 Å². The van der Waals surface area contributed by atoms with Gasteiger partial charge in [-0.05, 0) is 25.1 Å². The average molecular weight is 243 g/mol. The van der Waals surface area contributed by atoms with Gasteiger partial charge in [-0.1, -0.05) is 25.1 Å². The molecule has 0 aliphatic heterocycles. The molecule has 0 aliphatic rings. The summed E-state index contributed by atoms with van der Waals surface area (Å²) in [5.74, 6) is 1.40. The lowest BCUT2D eigenvalue weighted by atomic mass is 10.3. The first-order valence-corrected chi connectivity index (χ1v) is 6.12. The van der Waals surface area contributed by atoms with E-state index in [-0.39, 0.29) is 0 Å². The highest BCUT2D eigenvalue weighted by Gasteiger charge is 2.05. The van der Waals surface area contributed by atoms with Gasteiger partial charge in [-0.3, -0.25) is 0 Å². The molecule has 18 heavy (non-hydrogen) atoms. The number of aromatic nitrogens is 2. The second-order valence-corrected chi connectivity index (χ2v) is 3.95. The Morgan fingerprint density at radius 3 is 2.83 bits per heavy atom. The summed E-state index contributed by atoms with van der Waals surface area (Å²) in [5, 5.41) is 3.32. The molecule has 1 aromatic carbocycles. The van der Waals surface area contributed by atoms with Gasteiger partial charge in [0.1, 0.15) is 12.1 Å². The van der Waals surface area contributed by atoms with E-state index in [0.717, 1.165) is 30.8 Å². The highest BCUT2D eigenvalue weighted by Crippen LogP contribution is 2.21. The minimum Gasteiger partial charge on any atom is -0.439 e. The molecule has 2 aromatic rings. The number of rotatable bonds is 6. The number of ether oxygens (including phenoxy) is 1. The van der Waals surface area contributed by atoms with E-state index in [0.29, 0.717) is 5.88 Å². The van der Waals surface area contributed by atoms with Crippen LogP contribution in [0.1, 0.15) is 18.9 Å². The van der Waals surface area contributed by atoms with Crippen molar-refractivity contribution in [1.82, 2.24) is 15.3 Å². The summed E-state index contributed by atoms with van der Waals surface area (Å²) in [7, 11) is 0. The van der Waals surface area contributed by atoms with Crippen molar-refractivity contribution in [2.45, 2.75) is 19.9 Å². The Kier molecular flexibility index (Phi) is 4.67. The fraction of sp³-hybridized carbons (Fsp3) is 0.286. The summed E-state index contributed by atoms with van der Waals surface area (Å²) in [6, 6.07) is 9.64. The summed E-state index contributed by atoms with van der Waals surface area (Å²) in [4.78, 5) is 8.21. The maximum Gasteiger partial charge on any atom is 0.226 e. The fourth-order valence-corrected chi connectivity index (χ4v) is 1.56. The normalized spacial score (nSPS) is 10.3. The first-order chi connectivity index (χ1) is 8.90. The van der Waals surface area contributed by atoms with Crippen LogP contribution in [0.4, 0.5) is 0 Å². The van der Waals surface area contributed by atoms with Gasteiger partial charge in [0, 0.05) is 18.3 Å². The van der Waals surface area contributed by atoms with Crippen LogP contribution in [-0.2, 0) is 6.54 Å². The van der Waals surface area contributed by atoms with Crippen molar-refractivity contribution in [2.24, 2.45) is 0 Å². The molecule has 0 bridgehead atoms. The molecule has 0 unspecified atom stereocenters. The van der Waals surface area contributed by atoms with Crippen molar-refractivity contribution < 1.29 is 4.74 Å². The van der Waals surface area contributed by atoms with Crippen molar-refractivity contribution in [3.63, 3.8) is 0 Å².